The molecule has 0 unspecified atom stereocenters. The van der Waals surface area contributed by atoms with Crippen LogP contribution in [0.4, 0.5) is 21.8 Å². The van der Waals surface area contributed by atoms with Gasteiger partial charge >= 0.3 is 0 Å². The highest BCUT2D eigenvalue weighted by molar-refractivity contribution is 5.55. The van der Waals surface area contributed by atoms with Crippen molar-refractivity contribution in [2.75, 3.05) is 17.2 Å². The van der Waals surface area contributed by atoms with Gasteiger partial charge in [-0.1, -0.05) is 23.4 Å². The van der Waals surface area contributed by atoms with E-state index in [1.54, 1.807) is 31.2 Å². The fourth-order valence-electron chi connectivity index (χ4n) is 2.31. The van der Waals surface area contributed by atoms with Crippen molar-refractivity contribution in [2.45, 2.75) is 20.3 Å². The lowest BCUT2D eigenvalue weighted by Gasteiger charge is -2.09. The molecule has 0 saturated carbocycles. The minimum Gasteiger partial charge on any atom is -0.370 e. The van der Waals surface area contributed by atoms with Gasteiger partial charge in [-0.05, 0) is 31.9 Å². The summed E-state index contributed by atoms with van der Waals surface area (Å²) < 4.78 is 18.6. The molecular weight excluding hydrogens is 309 g/mol. The van der Waals surface area contributed by atoms with E-state index < -0.39 is 0 Å². The molecule has 124 valence electrons. The number of rotatable bonds is 6. The number of nitrogens with one attached hydrogen (secondary N) is 2. The number of nitrogens with zero attached hydrogens (tertiary/aromatic N) is 3. The zero-order chi connectivity index (χ0) is 16.9. The highest BCUT2D eigenvalue weighted by Gasteiger charge is 2.06. The van der Waals surface area contributed by atoms with E-state index in [1.165, 1.54) is 6.07 Å². The first kappa shape index (κ1) is 15.9. The molecule has 0 amide bonds. The number of benzene rings is 1. The van der Waals surface area contributed by atoms with Crippen LogP contribution in [0, 0.1) is 19.7 Å². The van der Waals surface area contributed by atoms with Crippen molar-refractivity contribution in [1.82, 2.24) is 15.1 Å². The predicted octanol–water partition coefficient (Wildman–Crippen LogP) is 3.62. The van der Waals surface area contributed by atoms with Gasteiger partial charge in [0.2, 0.25) is 0 Å². The van der Waals surface area contributed by atoms with Gasteiger partial charge in [0.05, 0.1) is 0 Å². The summed E-state index contributed by atoms with van der Waals surface area (Å²) in [5.41, 5.74) is 0.673. The maximum absolute atomic E-state index is 13.6. The lowest BCUT2D eigenvalue weighted by atomic mass is 10.1. The molecule has 6 nitrogen and oxygen atoms in total. The van der Waals surface area contributed by atoms with E-state index in [9.17, 15) is 4.39 Å². The molecule has 2 aromatic heterocycles. The van der Waals surface area contributed by atoms with Crippen molar-refractivity contribution < 1.29 is 8.91 Å². The Hall–Kier alpha value is -2.96. The van der Waals surface area contributed by atoms with Crippen molar-refractivity contribution in [2.24, 2.45) is 0 Å². The molecule has 0 fully saturated rings. The predicted molar refractivity (Wildman–Crippen MR) is 89.9 cm³/mol. The molecule has 0 atom stereocenters. The Kier molecular flexibility index (Phi) is 4.69. The first-order chi connectivity index (χ1) is 11.6. The third kappa shape index (κ3) is 4.07. The molecule has 0 spiro atoms. The van der Waals surface area contributed by atoms with Crippen LogP contribution in [0.25, 0.3) is 0 Å². The monoisotopic (exact) mass is 327 g/mol. The van der Waals surface area contributed by atoms with E-state index in [0.29, 0.717) is 47.6 Å². The summed E-state index contributed by atoms with van der Waals surface area (Å²) in [4.78, 5) is 8.65. The second-order valence-corrected chi connectivity index (χ2v) is 5.40. The SMILES string of the molecule is Cc1nc(NCCc2ccccc2F)cc(Nc2cc(C)on2)n1. The van der Waals surface area contributed by atoms with Crippen molar-refractivity contribution in [3.63, 3.8) is 0 Å². The average Bonchev–Trinajstić information content (AvgIpc) is 2.94. The Morgan fingerprint density at radius 2 is 1.83 bits per heavy atom. The molecule has 0 bridgehead atoms. The zero-order valence-electron chi connectivity index (χ0n) is 13.5. The van der Waals surface area contributed by atoms with Crippen LogP contribution < -0.4 is 10.6 Å². The third-order valence-corrected chi connectivity index (χ3v) is 3.38. The summed E-state index contributed by atoms with van der Waals surface area (Å²) in [6.45, 7) is 4.19. The van der Waals surface area contributed by atoms with Gasteiger partial charge in [-0.2, -0.15) is 0 Å². The Balaban J connectivity index is 1.64. The molecule has 0 saturated heterocycles. The minimum atomic E-state index is -0.193. The van der Waals surface area contributed by atoms with Gasteiger partial charge in [-0.15, -0.1) is 0 Å². The number of anilines is 3. The molecule has 1 aromatic carbocycles. The molecule has 24 heavy (non-hydrogen) atoms. The molecule has 0 radical (unpaired) electrons. The van der Waals surface area contributed by atoms with Crippen LogP contribution in [0.1, 0.15) is 17.1 Å². The normalized spacial score (nSPS) is 10.6. The molecule has 0 aliphatic heterocycles. The topological polar surface area (TPSA) is 75.9 Å². The summed E-state index contributed by atoms with van der Waals surface area (Å²) in [7, 11) is 0. The summed E-state index contributed by atoms with van der Waals surface area (Å²) in [6.07, 6.45) is 0.570. The molecule has 3 aromatic rings. The van der Waals surface area contributed by atoms with E-state index in [2.05, 4.69) is 25.8 Å². The van der Waals surface area contributed by atoms with E-state index in [4.69, 9.17) is 4.52 Å². The van der Waals surface area contributed by atoms with Crippen LogP contribution >= 0.6 is 0 Å². The summed E-state index contributed by atoms with van der Waals surface area (Å²) >= 11 is 0. The number of hydrogen-bond donors (Lipinski definition) is 2. The Bertz CT molecular complexity index is 833. The summed E-state index contributed by atoms with van der Waals surface area (Å²) in [6, 6.07) is 10.3. The largest absolute Gasteiger partial charge is 0.370 e. The molecule has 7 heteroatoms. The lowest BCUT2D eigenvalue weighted by molar-refractivity contribution is 0.400. The quantitative estimate of drug-likeness (QED) is 0.720. The maximum Gasteiger partial charge on any atom is 0.175 e. The highest BCUT2D eigenvalue weighted by atomic mass is 19.1. The van der Waals surface area contributed by atoms with Crippen LogP contribution in [0.5, 0.6) is 0 Å². The fourth-order valence-corrected chi connectivity index (χ4v) is 2.31. The second-order valence-electron chi connectivity index (χ2n) is 5.40. The number of hydrogen-bond acceptors (Lipinski definition) is 6. The van der Waals surface area contributed by atoms with Gasteiger partial charge in [0.1, 0.15) is 29.0 Å². The Morgan fingerprint density at radius 1 is 1.04 bits per heavy atom. The lowest BCUT2D eigenvalue weighted by Crippen LogP contribution is -2.09. The minimum absolute atomic E-state index is 0.193. The molecule has 0 aliphatic carbocycles. The van der Waals surface area contributed by atoms with Gasteiger partial charge in [0, 0.05) is 18.7 Å². The maximum atomic E-state index is 13.6. The molecule has 2 N–H and O–H groups in total. The van der Waals surface area contributed by atoms with Crippen molar-refractivity contribution >= 4 is 17.5 Å². The zero-order valence-corrected chi connectivity index (χ0v) is 13.5. The van der Waals surface area contributed by atoms with E-state index >= 15 is 0 Å². The number of halogens is 1. The van der Waals surface area contributed by atoms with Crippen LogP contribution in [0.3, 0.4) is 0 Å². The molecule has 2 heterocycles. The van der Waals surface area contributed by atoms with Crippen LogP contribution in [-0.2, 0) is 6.42 Å². The van der Waals surface area contributed by atoms with Gasteiger partial charge in [0.15, 0.2) is 5.82 Å². The smallest absolute Gasteiger partial charge is 0.175 e. The van der Waals surface area contributed by atoms with Crippen LogP contribution in [-0.4, -0.2) is 21.7 Å². The Morgan fingerprint density at radius 3 is 2.58 bits per heavy atom. The number of aromatic nitrogens is 3. The standard InChI is InChI=1S/C17H18FN5O/c1-11-9-17(23-24-11)22-16-10-15(20-12(2)21-16)19-8-7-13-5-3-4-6-14(13)18/h3-6,9-10H,7-8H2,1-2H3,(H2,19,20,21,22,23). The van der Waals surface area contributed by atoms with Crippen molar-refractivity contribution in [3.05, 3.63) is 59.4 Å². The first-order valence-corrected chi connectivity index (χ1v) is 7.63. The van der Waals surface area contributed by atoms with E-state index in [-0.39, 0.29) is 5.82 Å². The van der Waals surface area contributed by atoms with Gasteiger partial charge < -0.3 is 15.2 Å². The van der Waals surface area contributed by atoms with Crippen LogP contribution in [0.2, 0.25) is 0 Å². The van der Waals surface area contributed by atoms with Crippen molar-refractivity contribution in [1.29, 1.82) is 0 Å². The first-order valence-electron chi connectivity index (χ1n) is 7.63. The molecule has 3 rings (SSSR count). The molecule has 0 aliphatic rings. The second kappa shape index (κ2) is 7.08. The van der Waals surface area contributed by atoms with Gasteiger partial charge in [0.25, 0.3) is 0 Å². The highest BCUT2D eigenvalue weighted by Crippen LogP contribution is 2.17. The van der Waals surface area contributed by atoms with E-state index in [1.807, 2.05) is 13.0 Å². The summed E-state index contributed by atoms with van der Waals surface area (Å²) in [5, 5.41) is 10.1. The van der Waals surface area contributed by atoms with E-state index in [0.717, 1.165) is 0 Å². The van der Waals surface area contributed by atoms with Gasteiger partial charge in [-0.25, -0.2) is 14.4 Å². The number of aryl methyl sites for hydroxylation is 2. The molecular formula is C17H18FN5O. The van der Waals surface area contributed by atoms with Gasteiger partial charge in [-0.3, -0.25) is 0 Å². The van der Waals surface area contributed by atoms with Crippen molar-refractivity contribution in [3.8, 4) is 0 Å². The summed E-state index contributed by atoms with van der Waals surface area (Å²) in [5.74, 6) is 3.01. The Labute approximate surface area is 139 Å². The average molecular weight is 327 g/mol. The fraction of sp³-hybridized carbons (Fsp3) is 0.235. The van der Waals surface area contributed by atoms with Crippen LogP contribution in [0.15, 0.2) is 40.9 Å². The third-order valence-electron chi connectivity index (χ3n) is 3.38.